The summed E-state index contributed by atoms with van der Waals surface area (Å²) in [5.74, 6) is -1.29. The predicted octanol–water partition coefficient (Wildman–Crippen LogP) is 5.37. The molecule has 4 rings (SSSR count). The molecule has 0 aromatic heterocycles. The summed E-state index contributed by atoms with van der Waals surface area (Å²) >= 11 is 0. The number of carbonyl (C=O) groups excluding carboxylic acids is 3. The standard InChI is InChI=1S/C37H60O9/c1-11-12-27-34(8)15-14-28(41)35(9,20-44-22(2)38)26(34)13-16-36(27,10)33(7)18-25-17-32(5,6)31(46-24(4)40)30(43)37(25,29(42)19-33)21-45-23(3)39/h11,25-31,41-43H,1,12-21H2,2-10H3/t25?,26?,27?,28-,29+,30-,31-,33-,34-,35+,36+,37-/m0/s1. The third kappa shape index (κ3) is 5.74. The number of hydrogen-bond acceptors (Lipinski definition) is 9. The van der Waals surface area contributed by atoms with E-state index < -0.39 is 52.6 Å². The zero-order chi connectivity index (χ0) is 34.7. The molecule has 4 fully saturated rings. The van der Waals surface area contributed by atoms with Gasteiger partial charge in [-0.15, -0.1) is 6.58 Å². The lowest BCUT2D eigenvalue weighted by Crippen LogP contribution is -2.70. The van der Waals surface area contributed by atoms with Crippen molar-refractivity contribution in [3.8, 4) is 0 Å². The maximum atomic E-state index is 12.3. The van der Waals surface area contributed by atoms with E-state index >= 15 is 0 Å². The third-order valence-corrected chi connectivity index (χ3v) is 14.1. The van der Waals surface area contributed by atoms with Crippen LogP contribution >= 0.6 is 0 Å². The highest BCUT2D eigenvalue weighted by atomic mass is 16.6. The lowest BCUT2D eigenvalue weighted by Gasteiger charge is -2.70. The van der Waals surface area contributed by atoms with Crippen molar-refractivity contribution in [2.24, 2.45) is 50.2 Å². The second kappa shape index (κ2) is 12.5. The molecule has 0 spiro atoms. The van der Waals surface area contributed by atoms with Gasteiger partial charge in [-0.1, -0.05) is 47.6 Å². The molecular weight excluding hydrogens is 588 g/mol. The van der Waals surface area contributed by atoms with E-state index in [4.69, 9.17) is 14.2 Å². The van der Waals surface area contributed by atoms with Gasteiger partial charge in [0.15, 0.2) is 0 Å². The van der Waals surface area contributed by atoms with Crippen molar-refractivity contribution in [3.63, 3.8) is 0 Å². The lowest BCUT2D eigenvalue weighted by atomic mass is 9.35. The summed E-state index contributed by atoms with van der Waals surface area (Å²) in [6.45, 7) is 21.3. The van der Waals surface area contributed by atoms with Gasteiger partial charge in [-0.05, 0) is 85.4 Å². The van der Waals surface area contributed by atoms with Crippen molar-refractivity contribution in [3.05, 3.63) is 12.7 Å². The summed E-state index contributed by atoms with van der Waals surface area (Å²) in [6, 6.07) is 0. The number of esters is 3. The maximum absolute atomic E-state index is 12.3. The highest BCUT2D eigenvalue weighted by Crippen LogP contribution is 2.73. The minimum absolute atomic E-state index is 0.112. The van der Waals surface area contributed by atoms with E-state index in [1.165, 1.54) is 20.8 Å². The number of aliphatic hydroxyl groups is 3. The summed E-state index contributed by atoms with van der Waals surface area (Å²) in [5.41, 5.74) is -3.19. The molecule has 9 nitrogen and oxygen atoms in total. The SMILES string of the molecule is C=CCC1[C@@]2(C)CC[C@H](O)[C@](C)(COC(C)=O)C2CC[C@@]1(C)[C@@]1(C)CC2CC(C)(C)[C@@H](OC(C)=O)[C@H](O)[C@]2(COC(C)=O)[C@H](O)C1. The zero-order valence-electron chi connectivity index (χ0n) is 29.7. The zero-order valence-corrected chi connectivity index (χ0v) is 29.7. The normalized spacial score (nSPS) is 46.7. The van der Waals surface area contributed by atoms with E-state index in [0.717, 1.165) is 25.7 Å². The first-order valence-electron chi connectivity index (χ1n) is 17.2. The number of carbonyl (C=O) groups is 3. The van der Waals surface area contributed by atoms with Crippen LogP contribution in [0.1, 0.15) is 114 Å². The van der Waals surface area contributed by atoms with Gasteiger partial charge in [0.25, 0.3) is 0 Å². The van der Waals surface area contributed by atoms with Gasteiger partial charge in [-0.3, -0.25) is 14.4 Å². The molecule has 9 heteroatoms. The molecule has 3 unspecified atom stereocenters. The lowest BCUT2D eigenvalue weighted by molar-refractivity contribution is -0.279. The quantitative estimate of drug-likeness (QED) is 0.180. The number of ether oxygens (including phenoxy) is 3. The highest BCUT2D eigenvalue weighted by Gasteiger charge is 2.70. The van der Waals surface area contributed by atoms with Crippen molar-refractivity contribution in [2.75, 3.05) is 13.2 Å². The molecule has 0 aromatic carbocycles. The molecule has 262 valence electrons. The Morgan fingerprint density at radius 3 is 1.98 bits per heavy atom. The Bertz CT molecular complexity index is 1200. The Balaban J connectivity index is 1.78. The average molecular weight is 649 g/mol. The fourth-order valence-electron chi connectivity index (χ4n) is 11.5. The van der Waals surface area contributed by atoms with Crippen molar-refractivity contribution in [1.29, 1.82) is 0 Å². The first kappa shape index (κ1) is 36.9. The van der Waals surface area contributed by atoms with Crippen LogP contribution in [0.5, 0.6) is 0 Å². The largest absolute Gasteiger partial charge is 0.465 e. The Morgan fingerprint density at radius 1 is 0.804 bits per heavy atom. The molecule has 4 aliphatic carbocycles. The van der Waals surface area contributed by atoms with Crippen LogP contribution < -0.4 is 0 Å². The molecule has 0 saturated heterocycles. The van der Waals surface area contributed by atoms with Gasteiger partial charge in [0.05, 0.1) is 24.2 Å². The van der Waals surface area contributed by atoms with Crippen LogP contribution in [0, 0.1) is 50.2 Å². The van der Waals surface area contributed by atoms with Gasteiger partial charge in [-0.25, -0.2) is 0 Å². The smallest absolute Gasteiger partial charge is 0.303 e. The predicted molar refractivity (Wildman–Crippen MR) is 173 cm³/mol. The number of hydrogen-bond donors (Lipinski definition) is 3. The minimum atomic E-state index is -1.23. The molecule has 0 amide bonds. The summed E-state index contributed by atoms with van der Waals surface area (Å²) in [4.78, 5) is 36.1. The molecule has 0 aromatic rings. The molecule has 0 heterocycles. The fraction of sp³-hybridized carbons (Fsp3) is 0.865. The van der Waals surface area contributed by atoms with Gasteiger partial charge in [0.1, 0.15) is 18.8 Å². The number of fused-ring (bicyclic) bond motifs is 2. The molecule has 0 radical (unpaired) electrons. The van der Waals surface area contributed by atoms with Crippen LogP contribution in [0.2, 0.25) is 0 Å². The summed E-state index contributed by atoms with van der Waals surface area (Å²) in [5, 5.41) is 35.7. The second-order valence-electron chi connectivity index (χ2n) is 17.2. The van der Waals surface area contributed by atoms with Crippen molar-refractivity contribution in [1.82, 2.24) is 0 Å². The average Bonchev–Trinajstić information content (AvgIpc) is 2.93. The Morgan fingerprint density at radius 2 is 1.41 bits per heavy atom. The summed E-state index contributed by atoms with van der Waals surface area (Å²) in [7, 11) is 0. The molecule has 12 atom stereocenters. The molecule has 3 N–H and O–H groups in total. The molecule has 0 aliphatic heterocycles. The number of rotatable bonds is 8. The van der Waals surface area contributed by atoms with Crippen LogP contribution in [0.3, 0.4) is 0 Å². The number of allylic oxidation sites excluding steroid dienone is 1. The van der Waals surface area contributed by atoms with Crippen LogP contribution in [0.25, 0.3) is 0 Å². The Hall–Kier alpha value is -1.97. The summed E-state index contributed by atoms with van der Waals surface area (Å²) < 4.78 is 16.9. The van der Waals surface area contributed by atoms with Crippen LogP contribution in [0.4, 0.5) is 0 Å². The fourth-order valence-corrected chi connectivity index (χ4v) is 11.5. The van der Waals surface area contributed by atoms with Gasteiger partial charge < -0.3 is 29.5 Å². The van der Waals surface area contributed by atoms with Crippen LogP contribution in [-0.2, 0) is 28.6 Å². The maximum Gasteiger partial charge on any atom is 0.303 e. The van der Waals surface area contributed by atoms with E-state index in [2.05, 4.69) is 34.3 Å². The minimum Gasteiger partial charge on any atom is -0.465 e. The summed E-state index contributed by atoms with van der Waals surface area (Å²) in [6.07, 6.45) is 3.85. The monoisotopic (exact) mass is 648 g/mol. The molecular formula is C37H60O9. The van der Waals surface area contributed by atoms with Crippen molar-refractivity contribution >= 4 is 17.9 Å². The third-order valence-electron chi connectivity index (χ3n) is 14.1. The van der Waals surface area contributed by atoms with E-state index in [0.29, 0.717) is 25.7 Å². The molecule has 4 aliphatic rings. The van der Waals surface area contributed by atoms with Crippen LogP contribution in [0.15, 0.2) is 12.7 Å². The molecule has 4 saturated carbocycles. The van der Waals surface area contributed by atoms with Gasteiger partial charge in [0, 0.05) is 31.6 Å². The molecule has 0 bridgehead atoms. The van der Waals surface area contributed by atoms with E-state index in [9.17, 15) is 29.7 Å². The first-order chi connectivity index (χ1) is 21.1. The highest BCUT2D eigenvalue weighted by molar-refractivity contribution is 5.67. The first-order valence-corrected chi connectivity index (χ1v) is 17.2. The van der Waals surface area contributed by atoms with E-state index in [1.807, 2.05) is 19.9 Å². The molecule has 46 heavy (non-hydrogen) atoms. The van der Waals surface area contributed by atoms with Crippen molar-refractivity contribution in [2.45, 2.75) is 138 Å². The van der Waals surface area contributed by atoms with Gasteiger partial charge in [-0.2, -0.15) is 0 Å². The van der Waals surface area contributed by atoms with E-state index in [1.54, 1.807) is 0 Å². The topological polar surface area (TPSA) is 140 Å². The van der Waals surface area contributed by atoms with Gasteiger partial charge >= 0.3 is 17.9 Å². The Kier molecular flexibility index (Phi) is 10.0. The van der Waals surface area contributed by atoms with Crippen molar-refractivity contribution < 1.29 is 43.9 Å². The number of aliphatic hydroxyl groups excluding tert-OH is 3. The van der Waals surface area contributed by atoms with E-state index in [-0.39, 0.29) is 53.2 Å². The second-order valence-corrected chi connectivity index (χ2v) is 17.2. The Labute approximate surface area is 275 Å². The van der Waals surface area contributed by atoms with Crippen LogP contribution in [-0.4, -0.2) is 70.9 Å². The van der Waals surface area contributed by atoms with Gasteiger partial charge in [0.2, 0.25) is 0 Å².